The molecule has 3 aromatic rings. The zero-order valence-electron chi connectivity index (χ0n) is 13.4. The number of likely N-dealkylation sites (tertiary alicyclic amines) is 1. The monoisotopic (exact) mass is 359 g/mol. The summed E-state index contributed by atoms with van der Waals surface area (Å²) in [7, 11) is 0. The maximum atomic E-state index is 12.3. The maximum Gasteiger partial charge on any atom is 0.292 e. The van der Waals surface area contributed by atoms with Gasteiger partial charge >= 0.3 is 0 Å². The van der Waals surface area contributed by atoms with Crippen LogP contribution in [0, 0.1) is 12.3 Å². The fraction of sp³-hybridized carbons (Fsp3) is 0.400. The number of carbonyl (C=O) groups excluding carboxylic acids is 1. The Hall–Kier alpha value is -2.68. The lowest BCUT2D eigenvalue weighted by atomic mass is 9.72. The van der Waals surface area contributed by atoms with E-state index in [9.17, 15) is 4.79 Å². The standard InChI is InChI=1S/C15H14ClN7O2/c1-9-18-14-17-3-2-12(23(14)19-9)21-5-15(6-21)7-22(8-15)13(24)10-4-11(16)20-25-10/h2-4H,5-8H2,1H3. The first-order valence-corrected chi connectivity index (χ1v) is 8.26. The predicted molar refractivity (Wildman–Crippen MR) is 87.6 cm³/mol. The molecule has 1 spiro atoms. The summed E-state index contributed by atoms with van der Waals surface area (Å²) in [6.07, 6.45) is 1.74. The predicted octanol–water partition coefficient (Wildman–Crippen LogP) is 1.04. The molecule has 9 nitrogen and oxygen atoms in total. The minimum Gasteiger partial charge on any atom is -0.355 e. The molecule has 25 heavy (non-hydrogen) atoms. The van der Waals surface area contributed by atoms with Crippen molar-refractivity contribution in [1.29, 1.82) is 0 Å². The van der Waals surface area contributed by atoms with Gasteiger partial charge in [-0.2, -0.15) is 9.50 Å². The Kier molecular flexibility index (Phi) is 2.88. The lowest BCUT2D eigenvalue weighted by Crippen LogP contribution is -2.73. The molecule has 0 atom stereocenters. The Morgan fingerprint density at radius 1 is 1.32 bits per heavy atom. The first-order valence-electron chi connectivity index (χ1n) is 7.88. The Bertz CT molecular complexity index is 983. The van der Waals surface area contributed by atoms with E-state index < -0.39 is 0 Å². The summed E-state index contributed by atoms with van der Waals surface area (Å²) in [4.78, 5) is 24.8. The number of amides is 1. The summed E-state index contributed by atoms with van der Waals surface area (Å²) in [5.74, 6) is 2.29. The van der Waals surface area contributed by atoms with E-state index in [1.165, 1.54) is 6.07 Å². The Morgan fingerprint density at radius 3 is 2.84 bits per heavy atom. The minimum absolute atomic E-state index is 0.130. The van der Waals surface area contributed by atoms with Crippen LogP contribution in [-0.4, -0.2) is 61.7 Å². The molecule has 0 bridgehead atoms. The van der Waals surface area contributed by atoms with E-state index in [0.717, 1.165) is 18.9 Å². The molecule has 128 valence electrons. The highest BCUT2D eigenvalue weighted by atomic mass is 35.5. The molecule has 5 heterocycles. The van der Waals surface area contributed by atoms with Gasteiger partial charge in [0.05, 0.1) is 0 Å². The van der Waals surface area contributed by atoms with E-state index in [0.29, 0.717) is 24.7 Å². The van der Waals surface area contributed by atoms with Crippen LogP contribution < -0.4 is 4.90 Å². The summed E-state index contributed by atoms with van der Waals surface area (Å²) in [5, 5.41) is 8.14. The number of fused-ring (bicyclic) bond motifs is 1. The summed E-state index contributed by atoms with van der Waals surface area (Å²) in [5.41, 5.74) is 0.130. The summed E-state index contributed by atoms with van der Waals surface area (Å²) < 4.78 is 6.70. The smallest absolute Gasteiger partial charge is 0.292 e. The zero-order chi connectivity index (χ0) is 17.2. The average Bonchev–Trinajstić information content (AvgIpc) is 3.09. The van der Waals surface area contributed by atoms with Crippen LogP contribution in [0.15, 0.2) is 22.9 Å². The molecule has 10 heteroatoms. The van der Waals surface area contributed by atoms with Crippen molar-refractivity contribution in [1.82, 2.24) is 29.6 Å². The van der Waals surface area contributed by atoms with Gasteiger partial charge in [-0.1, -0.05) is 16.8 Å². The van der Waals surface area contributed by atoms with E-state index in [4.69, 9.17) is 16.1 Å². The number of hydrogen-bond donors (Lipinski definition) is 0. The largest absolute Gasteiger partial charge is 0.355 e. The highest BCUT2D eigenvalue weighted by molar-refractivity contribution is 6.29. The van der Waals surface area contributed by atoms with Crippen LogP contribution in [0.1, 0.15) is 16.4 Å². The third-order valence-corrected chi connectivity index (χ3v) is 4.91. The Labute approximate surface area is 147 Å². The van der Waals surface area contributed by atoms with Gasteiger partial charge < -0.3 is 14.3 Å². The Morgan fingerprint density at radius 2 is 2.12 bits per heavy atom. The fourth-order valence-electron chi connectivity index (χ4n) is 3.66. The molecular formula is C15H14ClN7O2. The molecule has 2 fully saturated rings. The van der Waals surface area contributed by atoms with Gasteiger partial charge in [-0.3, -0.25) is 4.79 Å². The topological polar surface area (TPSA) is 92.7 Å². The molecule has 0 saturated carbocycles. The van der Waals surface area contributed by atoms with Gasteiger partial charge in [0.1, 0.15) is 11.6 Å². The van der Waals surface area contributed by atoms with E-state index in [-0.39, 0.29) is 22.2 Å². The van der Waals surface area contributed by atoms with Crippen LogP contribution in [0.2, 0.25) is 5.15 Å². The highest BCUT2D eigenvalue weighted by Gasteiger charge is 2.54. The van der Waals surface area contributed by atoms with Crippen molar-refractivity contribution in [3.8, 4) is 0 Å². The van der Waals surface area contributed by atoms with E-state index >= 15 is 0 Å². The maximum absolute atomic E-state index is 12.3. The van der Waals surface area contributed by atoms with Crippen LogP contribution in [0.5, 0.6) is 0 Å². The molecule has 2 aliphatic heterocycles. The third kappa shape index (κ3) is 2.19. The SMILES string of the molecule is Cc1nc2nccc(N3CC4(CN(C(=O)c5cc(Cl)no5)C4)C3)n2n1. The number of nitrogens with zero attached hydrogens (tertiary/aromatic N) is 7. The van der Waals surface area contributed by atoms with Crippen LogP contribution in [0.4, 0.5) is 5.82 Å². The van der Waals surface area contributed by atoms with Crippen LogP contribution in [-0.2, 0) is 0 Å². The summed E-state index contributed by atoms with van der Waals surface area (Å²) >= 11 is 5.70. The molecule has 0 N–H and O–H groups in total. The number of anilines is 1. The molecule has 2 aliphatic rings. The van der Waals surface area contributed by atoms with Crippen LogP contribution in [0.25, 0.3) is 5.78 Å². The molecular weight excluding hydrogens is 346 g/mol. The quantitative estimate of drug-likeness (QED) is 0.674. The van der Waals surface area contributed by atoms with Crippen molar-refractivity contribution < 1.29 is 9.32 Å². The molecule has 0 aromatic carbocycles. The van der Waals surface area contributed by atoms with Crippen molar-refractivity contribution in [3.05, 3.63) is 35.1 Å². The molecule has 0 aliphatic carbocycles. The van der Waals surface area contributed by atoms with Gasteiger partial charge in [0, 0.05) is 43.9 Å². The zero-order valence-corrected chi connectivity index (χ0v) is 14.1. The lowest BCUT2D eigenvalue weighted by Gasteiger charge is -2.60. The van der Waals surface area contributed by atoms with Crippen molar-refractivity contribution in [2.75, 3.05) is 31.1 Å². The van der Waals surface area contributed by atoms with Gasteiger partial charge in [0.25, 0.3) is 11.7 Å². The normalized spacial score (nSPS) is 18.5. The first kappa shape index (κ1) is 14.6. The molecule has 1 amide bonds. The molecule has 0 radical (unpaired) electrons. The van der Waals surface area contributed by atoms with Gasteiger partial charge in [0.15, 0.2) is 5.15 Å². The number of aryl methyl sites for hydroxylation is 1. The second-order valence-electron chi connectivity index (χ2n) is 6.71. The number of aromatic nitrogens is 5. The molecule has 5 rings (SSSR count). The summed E-state index contributed by atoms with van der Waals surface area (Å²) in [6, 6.07) is 3.38. The van der Waals surface area contributed by atoms with Crippen molar-refractivity contribution >= 4 is 29.1 Å². The minimum atomic E-state index is -0.165. The second-order valence-corrected chi connectivity index (χ2v) is 7.09. The number of hydrogen-bond acceptors (Lipinski definition) is 7. The van der Waals surface area contributed by atoms with Crippen molar-refractivity contribution in [2.45, 2.75) is 6.92 Å². The molecule has 3 aromatic heterocycles. The lowest BCUT2D eigenvalue weighted by molar-refractivity contribution is -0.0132. The molecule has 0 unspecified atom stereocenters. The van der Waals surface area contributed by atoms with E-state index in [1.54, 1.807) is 15.6 Å². The second kappa shape index (κ2) is 4.92. The number of halogens is 1. The average molecular weight is 360 g/mol. The van der Waals surface area contributed by atoms with Gasteiger partial charge in [-0.05, 0) is 13.0 Å². The van der Waals surface area contributed by atoms with Gasteiger partial charge in [-0.15, -0.1) is 5.10 Å². The summed E-state index contributed by atoms with van der Waals surface area (Å²) in [6.45, 7) is 4.98. The van der Waals surface area contributed by atoms with Gasteiger partial charge in [0.2, 0.25) is 5.76 Å². The van der Waals surface area contributed by atoms with Crippen molar-refractivity contribution in [2.24, 2.45) is 5.41 Å². The Balaban J connectivity index is 1.27. The molecule has 2 saturated heterocycles. The first-order chi connectivity index (χ1) is 12.0. The van der Waals surface area contributed by atoms with E-state index in [1.807, 2.05) is 13.0 Å². The van der Waals surface area contributed by atoms with E-state index in [2.05, 4.69) is 25.1 Å². The van der Waals surface area contributed by atoms with Gasteiger partial charge in [-0.25, -0.2) is 4.98 Å². The highest BCUT2D eigenvalue weighted by Crippen LogP contribution is 2.42. The fourth-order valence-corrected chi connectivity index (χ4v) is 3.80. The third-order valence-electron chi connectivity index (χ3n) is 4.74. The van der Waals surface area contributed by atoms with Crippen LogP contribution in [0.3, 0.4) is 0 Å². The number of carbonyl (C=O) groups is 1. The van der Waals surface area contributed by atoms with Crippen molar-refractivity contribution in [3.63, 3.8) is 0 Å². The number of rotatable bonds is 2. The van der Waals surface area contributed by atoms with Crippen LogP contribution >= 0.6 is 11.6 Å².